The van der Waals surface area contributed by atoms with Crippen LogP contribution in [0.15, 0.2) is 42.7 Å². The van der Waals surface area contributed by atoms with E-state index in [4.69, 9.17) is 4.74 Å². The van der Waals surface area contributed by atoms with Crippen molar-refractivity contribution in [3.63, 3.8) is 0 Å². The molecular formula is C17H13N3O5. The smallest absolute Gasteiger partial charge is 0.379 e. The fourth-order valence-electron chi connectivity index (χ4n) is 2.62. The minimum atomic E-state index is -1.02. The van der Waals surface area contributed by atoms with Gasteiger partial charge >= 0.3 is 5.97 Å². The molecule has 0 saturated carbocycles. The molecule has 0 fully saturated rings. The first-order valence-corrected chi connectivity index (χ1v) is 7.45. The van der Waals surface area contributed by atoms with Crippen LogP contribution in [-0.4, -0.2) is 33.3 Å². The third-order valence-electron chi connectivity index (χ3n) is 3.66. The van der Waals surface area contributed by atoms with E-state index < -0.39 is 16.7 Å². The Labute approximate surface area is 141 Å². The summed E-state index contributed by atoms with van der Waals surface area (Å²) >= 11 is 0. The molecule has 1 aromatic carbocycles. The van der Waals surface area contributed by atoms with E-state index in [0.717, 1.165) is 0 Å². The van der Waals surface area contributed by atoms with Crippen LogP contribution in [0.2, 0.25) is 0 Å². The van der Waals surface area contributed by atoms with Gasteiger partial charge in [0.25, 0.3) is 11.5 Å². The fourth-order valence-corrected chi connectivity index (χ4v) is 2.62. The molecule has 0 aliphatic carbocycles. The number of para-hydroxylation sites is 1. The van der Waals surface area contributed by atoms with E-state index in [-0.39, 0.29) is 29.1 Å². The Morgan fingerprint density at radius 2 is 2.04 bits per heavy atom. The molecule has 126 valence electrons. The van der Waals surface area contributed by atoms with Gasteiger partial charge in [-0.15, -0.1) is 0 Å². The van der Waals surface area contributed by atoms with Crippen molar-refractivity contribution in [2.45, 2.75) is 6.92 Å². The lowest BCUT2D eigenvalue weighted by Gasteiger charge is -2.05. The molecule has 0 unspecified atom stereocenters. The van der Waals surface area contributed by atoms with Crippen LogP contribution in [0.25, 0.3) is 22.2 Å². The van der Waals surface area contributed by atoms with Gasteiger partial charge in [-0.3, -0.25) is 19.9 Å². The predicted molar refractivity (Wildman–Crippen MR) is 89.1 cm³/mol. The van der Waals surface area contributed by atoms with Gasteiger partial charge in [-0.25, -0.2) is 4.79 Å². The summed E-state index contributed by atoms with van der Waals surface area (Å²) < 4.78 is 4.79. The van der Waals surface area contributed by atoms with Crippen LogP contribution in [-0.2, 0) is 9.53 Å². The lowest BCUT2D eigenvalue weighted by Crippen LogP contribution is -2.18. The summed E-state index contributed by atoms with van der Waals surface area (Å²) in [5, 5.41) is 11.7. The average molecular weight is 339 g/mol. The molecule has 8 nitrogen and oxygen atoms in total. The normalized spacial score (nSPS) is 10.6. The number of Topliss-reactive ketones (excluding diaryl/α,β-unsaturated/α-hetero) is 1. The van der Waals surface area contributed by atoms with Gasteiger partial charge in [0.2, 0.25) is 0 Å². The standard InChI is InChI=1S/C17H13N3O5/c1-2-25-17(22)16(21)14-11-9-18-8-7-12(11)19-15(14)10-5-3-4-6-13(10)20(23)24/h3-9,19H,2H2,1H3. The number of aromatic nitrogens is 2. The molecule has 0 aliphatic rings. The van der Waals surface area contributed by atoms with Crippen LogP contribution in [0.4, 0.5) is 5.69 Å². The Kier molecular flexibility index (Phi) is 4.25. The zero-order valence-electron chi connectivity index (χ0n) is 13.2. The Balaban J connectivity index is 2.30. The molecule has 3 rings (SSSR count). The number of fused-ring (bicyclic) bond motifs is 1. The van der Waals surface area contributed by atoms with Crippen LogP contribution in [0.1, 0.15) is 17.3 Å². The number of rotatable bonds is 5. The largest absolute Gasteiger partial charge is 0.460 e. The maximum absolute atomic E-state index is 12.6. The second-order valence-corrected chi connectivity index (χ2v) is 5.12. The third kappa shape index (κ3) is 2.85. The van der Waals surface area contributed by atoms with E-state index in [1.165, 1.54) is 30.6 Å². The van der Waals surface area contributed by atoms with Crippen LogP contribution >= 0.6 is 0 Å². The van der Waals surface area contributed by atoms with Gasteiger partial charge in [0.1, 0.15) is 0 Å². The van der Waals surface area contributed by atoms with Gasteiger partial charge < -0.3 is 9.72 Å². The number of carbonyl (C=O) groups is 2. The fraction of sp³-hybridized carbons (Fsp3) is 0.118. The van der Waals surface area contributed by atoms with E-state index >= 15 is 0 Å². The molecule has 1 N–H and O–H groups in total. The zero-order chi connectivity index (χ0) is 18.0. The van der Waals surface area contributed by atoms with E-state index in [1.807, 2.05) is 0 Å². The monoisotopic (exact) mass is 339 g/mol. The molecule has 0 aliphatic heterocycles. The second kappa shape index (κ2) is 6.52. The maximum atomic E-state index is 12.6. The van der Waals surface area contributed by atoms with Crippen molar-refractivity contribution in [3.8, 4) is 11.3 Å². The highest BCUT2D eigenvalue weighted by atomic mass is 16.6. The van der Waals surface area contributed by atoms with Gasteiger partial charge in [0.15, 0.2) is 0 Å². The van der Waals surface area contributed by atoms with Crippen LogP contribution in [0.3, 0.4) is 0 Å². The molecule has 2 aromatic heterocycles. The number of aromatic amines is 1. The number of carbonyl (C=O) groups excluding carboxylic acids is 2. The number of benzene rings is 1. The number of esters is 1. The highest BCUT2D eigenvalue weighted by Gasteiger charge is 2.29. The number of pyridine rings is 1. The Morgan fingerprint density at radius 1 is 1.28 bits per heavy atom. The summed E-state index contributed by atoms with van der Waals surface area (Å²) in [6, 6.07) is 7.61. The predicted octanol–water partition coefficient (Wildman–Crippen LogP) is 2.88. The van der Waals surface area contributed by atoms with E-state index in [9.17, 15) is 19.7 Å². The van der Waals surface area contributed by atoms with E-state index in [1.54, 1.807) is 19.1 Å². The highest BCUT2D eigenvalue weighted by molar-refractivity contribution is 6.44. The molecule has 0 bridgehead atoms. The second-order valence-electron chi connectivity index (χ2n) is 5.12. The lowest BCUT2D eigenvalue weighted by atomic mass is 10.0. The van der Waals surface area contributed by atoms with Gasteiger partial charge in [-0.1, -0.05) is 12.1 Å². The molecule has 8 heteroatoms. The molecule has 0 spiro atoms. The molecule has 0 saturated heterocycles. The number of ether oxygens (including phenoxy) is 1. The summed E-state index contributed by atoms with van der Waals surface area (Å²) in [6.45, 7) is 1.64. The first kappa shape index (κ1) is 16.3. The summed E-state index contributed by atoms with van der Waals surface area (Å²) in [6.07, 6.45) is 2.94. The van der Waals surface area contributed by atoms with E-state index in [0.29, 0.717) is 10.9 Å². The van der Waals surface area contributed by atoms with Crippen LogP contribution < -0.4 is 0 Å². The van der Waals surface area contributed by atoms with Gasteiger partial charge in [-0.2, -0.15) is 0 Å². The quantitative estimate of drug-likeness (QED) is 0.251. The van der Waals surface area contributed by atoms with Crippen molar-refractivity contribution < 1.29 is 19.2 Å². The number of nitro groups is 1. The van der Waals surface area contributed by atoms with Crippen LogP contribution in [0.5, 0.6) is 0 Å². The van der Waals surface area contributed by atoms with Crippen LogP contribution in [0, 0.1) is 10.1 Å². The molecule has 25 heavy (non-hydrogen) atoms. The van der Waals surface area contributed by atoms with Crippen molar-refractivity contribution in [2.75, 3.05) is 6.61 Å². The molecule has 3 aromatic rings. The topological polar surface area (TPSA) is 115 Å². The molecule has 0 amide bonds. The van der Waals surface area contributed by atoms with Gasteiger partial charge in [0.05, 0.1) is 28.4 Å². The minimum Gasteiger partial charge on any atom is -0.460 e. The maximum Gasteiger partial charge on any atom is 0.379 e. The zero-order valence-corrected chi connectivity index (χ0v) is 13.2. The molecular weight excluding hydrogens is 326 g/mol. The Morgan fingerprint density at radius 3 is 2.76 bits per heavy atom. The highest BCUT2D eigenvalue weighted by Crippen LogP contribution is 2.35. The number of nitrogens with one attached hydrogen (secondary N) is 1. The first-order valence-electron chi connectivity index (χ1n) is 7.45. The Bertz CT molecular complexity index is 993. The number of H-pyrrole nitrogens is 1. The number of hydrogen-bond acceptors (Lipinski definition) is 6. The van der Waals surface area contributed by atoms with Crippen molar-refractivity contribution in [1.29, 1.82) is 0 Å². The summed E-state index contributed by atoms with van der Waals surface area (Å²) in [7, 11) is 0. The number of hydrogen-bond donors (Lipinski definition) is 1. The SMILES string of the molecule is CCOC(=O)C(=O)c1c(-c2ccccc2[N+](=O)[O-])[nH]c2ccncc12. The Hall–Kier alpha value is -3.55. The first-order chi connectivity index (χ1) is 12.0. The number of ketones is 1. The summed E-state index contributed by atoms with van der Waals surface area (Å²) in [4.78, 5) is 42.3. The number of nitro benzene ring substituents is 1. The molecule has 0 radical (unpaired) electrons. The summed E-state index contributed by atoms with van der Waals surface area (Å²) in [5.74, 6) is -1.90. The lowest BCUT2D eigenvalue weighted by molar-refractivity contribution is -0.384. The van der Waals surface area contributed by atoms with Gasteiger partial charge in [0, 0.05) is 29.4 Å². The van der Waals surface area contributed by atoms with Crippen molar-refractivity contribution in [2.24, 2.45) is 0 Å². The van der Waals surface area contributed by atoms with Crippen molar-refractivity contribution >= 4 is 28.3 Å². The van der Waals surface area contributed by atoms with Gasteiger partial charge in [-0.05, 0) is 19.1 Å². The van der Waals surface area contributed by atoms with Crippen molar-refractivity contribution in [1.82, 2.24) is 9.97 Å². The third-order valence-corrected chi connectivity index (χ3v) is 3.66. The molecule has 0 atom stereocenters. The number of nitrogens with zero attached hydrogens (tertiary/aromatic N) is 2. The minimum absolute atomic E-state index is 0.0100. The molecule has 2 heterocycles. The summed E-state index contributed by atoms with van der Waals surface area (Å²) in [5.41, 5.74) is 0.760. The average Bonchev–Trinajstić information content (AvgIpc) is 3.00. The van der Waals surface area contributed by atoms with Crippen molar-refractivity contribution in [3.05, 3.63) is 58.4 Å². The van der Waals surface area contributed by atoms with E-state index in [2.05, 4.69) is 9.97 Å².